The first-order chi connectivity index (χ1) is 14.4. The molecular formula is C23H26N2O5. The van der Waals surface area contributed by atoms with E-state index in [1.807, 2.05) is 62.4 Å². The monoisotopic (exact) mass is 410 g/mol. The molecule has 158 valence electrons. The molecule has 3 rings (SSSR count). The zero-order valence-corrected chi connectivity index (χ0v) is 17.1. The quantitative estimate of drug-likeness (QED) is 0.620. The Morgan fingerprint density at radius 2 is 1.57 bits per heavy atom. The molecule has 0 saturated heterocycles. The molecule has 0 fully saturated rings. The van der Waals surface area contributed by atoms with Crippen LogP contribution in [0.3, 0.4) is 0 Å². The standard InChI is InChI=1S/C23H26N2O5/c1-14(2)12-24-21(26)11-20(22(27)28)25-23(29)30-13-19-17-9-5-3-7-15(17)16-8-4-6-10-18(16)19/h3-10,14,19-20H,11-13H2,1-2H3,(H,24,26)(H,25,29)(H,27,28)/t20-/m0/s1. The third-order valence-corrected chi connectivity index (χ3v) is 5.03. The highest BCUT2D eigenvalue weighted by Gasteiger charge is 2.30. The van der Waals surface area contributed by atoms with Crippen molar-refractivity contribution in [3.05, 3.63) is 59.7 Å². The second-order valence-electron chi connectivity index (χ2n) is 7.76. The summed E-state index contributed by atoms with van der Waals surface area (Å²) in [5, 5.41) is 14.3. The first-order valence-corrected chi connectivity index (χ1v) is 9.97. The zero-order chi connectivity index (χ0) is 21.7. The smallest absolute Gasteiger partial charge is 0.407 e. The van der Waals surface area contributed by atoms with Crippen LogP contribution >= 0.6 is 0 Å². The Hall–Kier alpha value is -3.35. The molecule has 1 atom stereocenters. The molecule has 0 aliphatic heterocycles. The lowest BCUT2D eigenvalue weighted by Crippen LogP contribution is -2.45. The molecule has 2 aromatic rings. The molecule has 3 N–H and O–H groups in total. The van der Waals surface area contributed by atoms with Gasteiger partial charge in [-0.25, -0.2) is 9.59 Å². The minimum absolute atomic E-state index is 0.0751. The van der Waals surface area contributed by atoms with Crippen LogP contribution in [0.2, 0.25) is 0 Å². The first-order valence-electron chi connectivity index (χ1n) is 9.97. The number of hydrogen-bond donors (Lipinski definition) is 3. The lowest BCUT2D eigenvalue weighted by Gasteiger charge is -2.17. The summed E-state index contributed by atoms with van der Waals surface area (Å²) in [6.45, 7) is 4.38. The average Bonchev–Trinajstić information content (AvgIpc) is 3.04. The molecule has 7 nitrogen and oxygen atoms in total. The summed E-state index contributed by atoms with van der Waals surface area (Å²) in [7, 11) is 0. The fourth-order valence-corrected chi connectivity index (χ4v) is 3.56. The lowest BCUT2D eigenvalue weighted by atomic mass is 9.98. The Bertz CT molecular complexity index is 895. The van der Waals surface area contributed by atoms with Crippen molar-refractivity contribution in [2.75, 3.05) is 13.2 Å². The third kappa shape index (κ3) is 4.97. The Labute approximate surface area is 175 Å². The maximum absolute atomic E-state index is 12.3. The highest BCUT2D eigenvalue weighted by atomic mass is 16.5. The molecule has 7 heteroatoms. The maximum atomic E-state index is 12.3. The summed E-state index contributed by atoms with van der Waals surface area (Å²) >= 11 is 0. The number of carboxylic acids is 1. The van der Waals surface area contributed by atoms with E-state index in [0.29, 0.717) is 6.54 Å². The van der Waals surface area contributed by atoms with E-state index in [2.05, 4.69) is 10.6 Å². The van der Waals surface area contributed by atoms with E-state index >= 15 is 0 Å². The van der Waals surface area contributed by atoms with Gasteiger partial charge < -0.3 is 20.5 Å². The molecule has 0 aromatic heterocycles. The third-order valence-electron chi connectivity index (χ3n) is 5.03. The number of aliphatic carboxylic acids is 1. The van der Waals surface area contributed by atoms with E-state index in [9.17, 15) is 19.5 Å². The molecule has 0 radical (unpaired) electrons. The van der Waals surface area contributed by atoms with E-state index < -0.39 is 24.0 Å². The molecule has 30 heavy (non-hydrogen) atoms. The van der Waals surface area contributed by atoms with Crippen LogP contribution in [0.1, 0.15) is 37.3 Å². The van der Waals surface area contributed by atoms with E-state index in [-0.39, 0.29) is 24.9 Å². The van der Waals surface area contributed by atoms with Crippen molar-refractivity contribution in [2.24, 2.45) is 5.92 Å². The molecule has 1 aliphatic carbocycles. The van der Waals surface area contributed by atoms with Gasteiger partial charge >= 0.3 is 12.1 Å². The number of ether oxygens (including phenoxy) is 1. The molecule has 0 saturated carbocycles. The molecule has 0 spiro atoms. The molecule has 0 bridgehead atoms. The number of hydrogen-bond acceptors (Lipinski definition) is 4. The summed E-state index contributed by atoms with van der Waals surface area (Å²) in [6, 6.07) is 14.5. The Kier molecular flexibility index (Phi) is 6.72. The van der Waals surface area contributed by atoms with Crippen LogP contribution < -0.4 is 10.6 Å². The average molecular weight is 410 g/mol. The normalized spacial score (nSPS) is 13.3. The summed E-state index contributed by atoms with van der Waals surface area (Å²) in [5.41, 5.74) is 4.34. The van der Waals surface area contributed by atoms with Gasteiger partial charge in [-0.1, -0.05) is 62.4 Å². The molecule has 0 heterocycles. The summed E-state index contributed by atoms with van der Waals surface area (Å²) in [6.07, 6.45) is -1.22. The van der Waals surface area contributed by atoms with E-state index in [0.717, 1.165) is 22.3 Å². The number of rotatable bonds is 8. The number of alkyl carbamates (subject to hydrolysis) is 1. The predicted molar refractivity (Wildman–Crippen MR) is 112 cm³/mol. The fraction of sp³-hybridized carbons (Fsp3) is 0.348. The summed E-state index contributed by atoms with van der Waals surface area (Å²) in [4.78, 5) is 35.6. The Morgan fingerprint density at radius 1 is 1.00 bits per heavy atom. The van der Waals surface area contributed by atoms with Crippen molar-refractivity contribution >= 4 is 18.0 Å². The van der Waals surface area contributed by atoms with Crippen molar-refractivity contribution in [3.8, 4) is 11.1 Å². The van der Waals surface area contributed by atoms with Gasteiger partial charge in [-0.3, -0.25) is 4.79 Å². The predicted octanol–water partition coefficient (Wildman–Crippen LogP) is 3.14. The number of fused-ring (bicyclic) bond motifs is 3. The van der Waals surface area contributed by atoms with Crippen molar-refractivity contribution in [3.63, 3.8) is 0 Å². The summed E-state index contributed by atoms with van der Waals surface area (Å²) in [5.74, 6) is -1.61. The van der Waals surface area contributed by atoms with E-state index in [1.165, 1.54) is 0 Å². The second kappa shape index (κ2) is 9.43. The highest BCUT2D eigenvalue weighted by molar-refractivity contribution is 5.87. The van der Waals surface area contributed by atoms with Crippen LogP contribution in [0.25, 0.3) is 11.1 Å². The number of benzene rings is 2. The van der Waals surface area contributed by atoms with Crippen LogP contribution in [-0.4, -0.2) is 42.3 Å². The van der Waals surface area contributed by atoms with Crippen molar-refractivity contribution < 1.29 is 24.2 Å². The summed E-state index contributed by atoms with van der Waals surface area (Å²) < 4.78 is 5.36. The van der Waals surface area contributed by atoms with Crippen LogP contribution in [0.5, 0.6) is 0 Å². The van der Waals surface area contributed by atoms with Gasteiger partial charge in [-0.2, -0.15) is 0 Å². The van der Waals surface area contributed by atoms with Crippen molar-refractivity contribution in [2.45, 2.75) is 32.2 Å². The minimum Gasteiger partial charge on any atom is -0.480 e. The number of carbonyl (C=O) groups excluding carboxylic acids is 2. The van der Waals surface area contributed by atoms with Gasteiger partial charge in [-0.15, -0.1) is 0 Å². The number of nitrogens with one attached hydrogen (secondary N) is 2. The first kappa shape index (κ1) is 21.4. The maximum Gasteiger partial charge on any atom is 0.407 e. The molecule has 0 unspecified atom stereocenters. The largest absolute Gasteiger partial charge is 0.480 e. The highest BCUT2D eigenvalue weighted by Crippen LogP contribution is 2.44. The lowest BCUT2D eigenvalue weighted by molar-refractivity contribution is -0.141. The van der Waals surface area contributed by atoms with Gasteiger partial charge in [0.1, 0.15) is 12.6 Å². The number of carboxylic acid groups (broad SMARTS) is 1. The van der Waals surface area contributed by atoms with E-state index in [1.54, 1.807) is 0 Å². The van der Waals surface area contributed by atoms with Crippen LogP contribution in [-0.2, 0) is 14.3 Å². The fourth-order valence-electron chi connectivity index (χ4n) is 3.56. The van der Waals surface area contributed by atoms with Gasteiger partial charge in [0.25, 0.3) is 0 Å². The molecule has 2 amide bonds. The zero-order valence-electron chi connectivity index (χ0n) is 17.1. The molecule has 1 aliphatic rings. The van der Waals surface area contributed by atoms with Gasteiger partial charge in [-0.05, 0) is 28.2 Å². The van der Waals surface area contributed by atoms with Crippen LogP contribution in [0, 0.1) is 5.92 Å². The van der Waals surface area contributed by atoms with Crippen molar-refractivity contribution in [1.29, 1.82) is 0 Å². The van der Waals surface area contributed by atoms with Gasteiger partial charge in [0.2, 0.25) is 5.91 Å². The topological polar surface area (TPSA) is 105 Å². The molecular weight excluding hydrogens is 384 g/mol. The van der Waals surface area contributed by atoms with Crippen LogP contribution in [0.15, 0.2) is 48.5 Å². The van der Waals surface area contributed by atoms with Gasteiger partial charge in [0.15, 0.2) is 0 Å². The number of carbonyl (C=O) groups is 3. The van der Waals surface area contributed by atoms with Crippen LogP contribution in [0.4, 0.5) is 4.79 Å². The SMILES string of the molecule is CC(C)CNC(=O)C[C@H](NC(=O)OCC1c2ccccc2-c2ccccc21)C(=O)O. The Morgan fingerprint density at radius 3 is 2.10 bits per heavy atom. The van der Waals surface area contributed by atoms with Gasteiger partial charge in [0.05, 0.1) is 6.42 Å². The van der Waals surface area contributed by atoms with Crippen molar-refractivity contribution in [1.82, 2.24) is 10.6 Å². The van der Waals surface area contributed by atoms with Gasteiger partial charge in [0, 0.05) is 12.5 Å². The molecule has 2 aromatic carbocycles. The van der Waals surface area contributed by atoms with E-state index in [4.69, 9.17) is 4.74 Å². The number of amides is 2. The minimum atomic E-state index is -1.35. The second-order valence-corrected chi connectivity index (χ2v) is 7.76. The Balaban J connectivity index is 1.61.